The SMILES string of the molecule is COc1ccc(CCNC(=O)c2ccc(Cn3c(=O)c4ccccc4n(CC(=O)c4ccccc4)c3=O)cc2)cc1OC. The van der Waals surface area contributed by atoms with Crippen molar-refractivity contribution in [1.29, 1.82) is 0 Å². The van der Waals surface area contributed by atoms with Crippen molar-refractivity contribution in [3.63, 3.8) is 0 Å². The van der Waals surface area contributed by atoms with Crippen molar-refractivity contribution in [1.82, 2.24) is 14.5 Å². The van der Waals surface area contributed by atoms with Gasteiger partial charge in [0.05, 0.1) is 38.2 Å². The minimum atomic E-state index is -0.579. The van der Waals surface area contributed by atoms with Crippen molar-refractivity contribution >= 4 is 22.6 Å². The monoisotopic (exact) mass is 577 g/mol. The van der Waals surface area contributed by atoms with E-state index in [0.29, 0.717) is 52.1 Å². The molecule has 1 amide bonds. The summed E-state index contributed by atoms with van der Waals surface area (Å²) >= 11 is 0. The normalized spacial score (nSPS) is 10.8. The zero-order valence-electron chi connectivity index (χ0n) is 23.9. The summed E-state index contributed by atoms with van der Waals surface area (Å²) in [5, 5.41) is 3.25. The average molecular weight is 578 g/mol. The maximum atomic E-state index is 13.6. The van der Waals surface area contributed by atoms with Crippen molar-refractivity contribution in [2.24, 2.45) is 0 Å². The number of aromatic nitrogens is 2. The standard InChI is InChI=1S/C34H31N3O6/c1-42-30-17-14-23(20-31(30)43-2)18-19-35-32(39)26-15-12-24(13-16-26)21-37-33(40)27-10-6-7-11-28(27)36(34(37)41)22-29(38)25-8-4-3-5-9-25/h3-17,20H,18-19,21-22H2,1-2H3,(H,35,39). The molecule has 1 aromatic heterocycles. The lowest BCUT2D eigenvalue weighted by atomic mass is 10.1. The van der Waals surface area contributed by atoms with Crippen LogP contribution in [-0.4, -0.2) is 41.6 Å². The first-order chi connectivity index (χ1) is 20.9. The summed E-state index contributed by atoms with van der Waals surface area (Å²) in [6.45, 7) is 0.207. The molecule has 0 aliphatic heterocycles. The van der Waals surface area contributed by atoms with E-state index in [9.17, 15) is 19.2 Å². The third-order valence-corrected chi connectivity index (χ3v) is 7.23. The molecule has 0 radical (unpaired) electrons. The number of carbonyl (C=O) groups excluding carboxylic acids is 2. The highest BCUT2D eigenvalue weighted by atomic mass is 16.5. The number of hydrogen-bond acceptors (Lipinski definition) is 6. The van der Waals surface area contributed by atoms with E-state index >= 15 is 0 Å². The van der Waals surface area contributed by atoms with E-state index in [2.05, 4.69) is 5.32 Å². The van der Waals surface area contributed by atoms with Crippen molar-refractivity contribution in [3.8, 4) is 11.5 Å². The number of Topliss-reactive ketones (excluding diaryl/α,β-unsaturated/α-hetero) is 1. The zero-order chi connectivity index (χ0) is 30.3. The predicted molar refractivity (Wildman–Crippen MR) is 164 cm³/mol. The van der Waals surface area contributed by atoms with Gasteiger partial charge in [-0.15, -0.1) is 0 Å². The summed E-state index contributed by atoms with van der Waals surface area (Å²) in [5.74, 6) is 0.791. The molecule has 5 aromatic rings. The van der Waals surface area contributed by atoms with Crippen molar-refractivity contribution in [2.75, 3.05) is 20.8 Å². The van der Waals surface area contributed by atoms with Crippen LogP contribution < -0.4 is 26.0 Å². The fourth-order valence-corrected chi connectivity index (χ4v) is 4.92. The van der Waals surface area contributed by atoms with Crippen LogP contribution in [0.15, 0.2) is 107 Å². The van der Waals surface area contributed by atoms with Gasteiger partial charge in [-0.1, -0.05) is 60.7 Å². The van der Waals surface area contributed by atoms with Gasteiger partial charge in [-0.3, -0.25) is 23.5 Å². The number of methoxy groups -OCH3 is 2. The van der Waals surface area contributed by atoms with Gasteiger partial charge in [0.25, 0.3) is 11.5 Å². The van der Waals surface area contributed by atoms with Gasteiger partial charge in [-0.05, 0) is 53.9 Å². The number of carbonyl (C=O) groups is 2. The lowest BCUT2D eigenvalue weighted by Crippen LogP contribution is -2.41. The van der Waals surface area contributed by atoms with Gasteiger partial charge in [-0.25, -0.2) is 4.79 Å². The molecule has 0 unspecified atom stereocenters. The molecule has 0 spiro atoms. The van der Waals surface area contributed by atoms with Crippen LogP contribution in [0.3, 0.4) is 0 Å². The molecule has 0 atom stereocenters. The molecule has 0 aliphatic carbocycles. The molecule has 0 saturated heterocycles. The Morgan fingerprint density at radius 2 is 1.40 bits per heavy atom. The number of ketones is 1. The summed E-state index contributed by atoms with van der Waals surface area (Å²) in [6, 6.07) is 27.8. The van der Waals surface area contributed by atoms with Crippen LogP contribution in [0.5, 0.6) is 11.5 Å². The molecule has 0 aliphatic rings. The highest BCUT2D eigenvalue weighted by Crippen LogP contribution is 2.27. The van der Waals surface area contributed by atoms with Crippen molar-refractivity contribution in [3.05, 3.63) is 140 Å². The number of rotatable bonds is 11. The molecule has 218 valence electrons. The molecule has 1 N–H and O–H groups in total. The second-order valence-corrected chi connectivity index (χ2v) is 9.96. The van der Waals surface area contributed by atoms with Crippen LogP contribution in [0, 0.1) is 0 Å². The van der Waals surface area contributed by atoms with Crippen molar-refractivity contribution < 1.29 is 19.1 Å². The van der Waals surface area contributed by atoms with E-state index in [-0.39, 0.29) is 24.8 Å². The maximum absolute atomic E-state index is 13.6. The van der Waals surface area contributed by atoms with Crippen LogP contribution in [-0.2, 0) is 19.5 Å². The molecule has 1 heterocycles. The first-order valence-corrected chi connectivity index (χ1v) is 13.8. The van der Waals surface area contributed by atoms with Gasteiger partial charge in [-0.2, -0.15) is 0 Å². The Labute approximate surface area is 247 Å². The number of para-hydroxylation sites is 1. The third kappa shape index (κ3) is 6.41. The summed E-state index contributed by atoms with van der Waals surface area (Å²) in [5.41, 5.74) is 1.97. The fraction of sp³-hybridized carbons (Fsp3) is 0.176. The van der Waals surface area contributed by atoms with Crippen LogP contribution >= 0.6 is 0 Å². The van der Waals surface area contributed by atoms with Gasteiger partial charge in [0.2, 0.25) is 0 Å². The molecule has 9 heteroatoms. The Morgan fingerprint density at radius 1 is 0.721 bits per heavy atom. The molecule has 9 nitrogen and oxygen atoms in total. The molecule has 0 bridgehead atoms. The van der Waals surface area contributed by atoms with Gasteiger partial charge >= 0.3 is 5.69 Å². The number of nitrogens with one attached hydrogen (secondary N) is 1. The topological polar surface area (TPSA) is 109 Å². The third-order valence-electron chi connectivity index (χ3n) is 7.23. The van der Waals surface area contributed by atoms with Crippen LogP contribution in [0.2, 0.25) is 0 Å². The lowest BCUT2D eigenvalue weighted by molar-refractivity contribution is 0.0951. The Balaban J connectivity index is 1.31. The van der Waals surface area contributed by atoms with Gasteiger partial charge in [0.1, 0.15) is 0 Å². The van der Waals surface area contributed by atoms with Gasteiger partial charge in [0.15, 0.2) is 17.3 Å². The number of ether oxygens (including phenoxy) is 2. The molecule has 43 heavy (non-hydrogen) atoms. The van der Waals surface area contributed by atoms with E-state index in [1.165, 1.54) is 4.57 Å². The molecular weight excluding hydrogens is 546 g/mol. The smallest absolute Gasteiger partial charge is 0.332 e. The highest BCUT2D eigenvalue weighted by Gasteiger charge is 2.17. The van der Waals surface area contributed by atoms with Gasteiger partial charge in [0, 0.05) is 17.7 Å². The second-order valence-electron chi connectivity index (χ2n) is 9.96. The molecular formula is C34H31N3O6. The van der Waals surface area contributed by atoms with E-state index in [0.717, 1.165) is 10.1 Å². The highest BCUT2D eigenvalue weighted by molar-refractivity contribution is 5.96. The quantitative estimate of drug-likeness (QED) is 0.237. The number of amides is 1. The van der Waals surface area contributed by atoms with Crippen LogP contribution in [0.4, 0.5) is 0 Å². The number of benzene rings is 4. The van der Waals surface area contributed by atoms with Gasteiger partial charge < -0.3 is 14.8 Å². The molecule has 4 aromatic carbocycles. The number of hydrogen-bond donors (Lipinski definition) is 1. The number of nitrogens with zero attached hydrogens (tertiary/aromatic N) is 2. The Morgan fingerprint density at radius 3 is 2.12 bits per heavy atom. The first kappa shape index (κ1) is 29.1. The predicted octanol–water partition coefficient (Wildman–Crippen LogP) is 4.08. The zero-order valence-corrected chi connectivity index (χ0v) is 23.9. The summed E-state index contributed by atoms with van der Waals surface area (Å²) in [4.78, 5) is 52.6. The van der Waals surface area contributed by atoms with E-state index in [4.69, 9.17) is 9.47 Å². The lowest BCUT2D eigenvalue weighted by Gasteiger charge is -2.14. The average Bonchev–Trinajstić information content (AvgIpc) is 3.05. The summed E-state index contributed by atoms with van der Waals surface area (Å²) < 4.78 is 13.1. The Hall–Kier alpha value is -5.44. The largest absolute Gasteiger partial charge is 0.493 e. The summed E-state index contributed by atoms with van der Waals surface area (Å²) in [7, 11) is 3.15. The van der Waals surface area contributed by atoms with E-state index in [1.54, 1.807) is 87.0 Å². The van der Waals surface area contributed by atoms with Crippen LogP contribution in [0.25, 0.3) is 10.9 Å². The Bertz CT molecular complexity index is 1890. The first-order valence-electron chi connectivity index (χ1n) is 13.8. The van der Waals surface area contributed by atoms with E-state index < -0.39 is 11.2 Å². The second kappa shape index (κ2) is 13.0. The molecule has 5 rings (SSSR count). The van der Waals surface area contributed by atoms with Crippen LogP contribution in [0.1, 0.15) is 31.8 Å². The number of fused-ring (bicyclic) bond motifs is 1. The molecule has 0 saturated carbocycles. The van der Waals surface area contributed by atoms with E-state index in [1.807, 2.05) is 24.3 Å². The molecule has 0 fully saturated rings. The minimum absolute atomic E-state index is 0.0107. The minimum Gasteiger partial charge on any atom is -0.493 e. The summed E-state index contributed by atoms with van der Waals surface area (Å²) in [6.07, 6.45) is 0.605. The Kier molecular flexibility index (Phi) is 8.81. The fourth-order valence-electron chi connectivity index (χ4n) is 4.92. The van der Waals surface area contributed by atoms with Crippen molar-refractivity contribution in [2.45, 2.75) is 19.5 Å². The maximum Gasteiger partial charge on any atom is 0.332 e.